The molecule has 25 heavy (non-hydrogen) atoms. The summed E-state index contributed by atoms with van der Waals surface area (Å²) in [6.07, 6.45) is 1.10. The molecule has 5 heteroatoms. The number of anilines is 1. The highest BCUT2D eigenvalue weighted by atomic mass is 35.5. The number of aryl methyl sites for hydroxylation is 1. The van der Waals surface area contributed by atoms with E-state index in [1.165, 1.54) is 16.7 Å². The van der Waals surface area contributed by atoms with Crippen LogP contribution in [-0.2, 0) is 6.54 Å². The highest BCUT2D eigenvalue weighted by Crippen LogP contribution is 2.21. The van der Waals surface area contributed by atoms with Crippen LogP contribution in [0, 0.1) is 13.8 Å². The molecule has 0 aromatic heterocycles. The molecule has 1 N–H and O–H groups in total. The maximum atomic E-state index is 6.30. The number of rotatable bonds is 3. The van der Waals surface area contributed by atoms with E-state index in [0.29, 0.717) is 0 Å². The summed E-state index contributed by atoms with van der Waals surface area (Å²) in [5, 5.41) is 5.04. The highest BCUT2D eigenvalue weighted by Gasteiger charge is 2.20. The van der Waals surface area contributed by atoms with Gasteiger partial charge in [0.15, 0.2) is 5.11 Å². The van der Waals surface area contributed by atoms with Crippen molar-refractivity contribution in [3.05, 3.63) is 64.2 Å². The smallest absolute Gasteiger partial charge is 0.174 e. The largest absolute Gasteiger partial charge is 0.336 e. The lowest BCUT2D eigenvalue weighted by atomic mass is 10.1. The van der Waals surface area contributed by atoms with Crippen molar-refractivity contribution in [3.8, 4) is 0 Å². The lowest BCUT2D eigenvalue weighted by Crippen LogP contribution is -2.48. The third kappa shape index (κ3) is 4.51. The Balaban J connectivity index is 1.63. The van der Waals surface area contributed by atoms with Gasteiger partial charge in [0.2, 0.25) is 0 Å². The van der Waals surface area contributed by atoms with Gasteiger partial charge in [-0.1, -0.05) is 41.9 Å². The first-order valence-electron chi connectivity index (χ1n) is 8.62. The van der Waals surface area contributed by atoms with E-state index in [9.17, 15) is 0 Å². The van der Waals surface area contributed by atoms with Crippen molar-refractivity contribution in [1.82, 2.24) is 9.80 Å². The molecule has 0 bridgehead atoms. The van der Waals surface area contributed by atoms with Gasteiger partial charge in [0.1, 0.15) is 0 Å². The van der Waals surface area contributed by atoms with Gasteiger partial charge in [-0.2, -0.15) is 0 Å². The van der Waals surface area contributed by atoms with Gasteiger partial charge in [0.25, 0.3) is 0 Å². The fourth-order valence-corrected chi connectivity index (χ4v) is 3.57. The average Bonchev–Trinajstić information content (AvgIpc) is 2.61. The van der Waals surface area contributed by atoms with Gasteiger partial charge in [0, 0.05) is 30.3 Å². The first-order valence-corrected chi connectivity index (χ1v) is 9.41. The molecule has 0 amide bonds. The number of benzene rings is 2. The van der Waals surface area contributed by atoms with Crippen LogP contribution >= 0.6 is 23.8 Å². The van der Waals surface area contributed by atoms with Crippen molar-refractivity contribution >= 4 is 34.6 Å². The number of halogens is 1. The highest BCUT2D eigenvalue weighted by molar-refractivity contribution is 7.80. The van der Waals surface area contributed by atoms with Crippen LogP contribution in [0.5, 0.6) is 0 Å². The Bertz CT molecular complexity index is 762. The quantitative estimate of drug-likeness (QED) is 0.777. The van der Waals surface area contributed by atoms with Crippen LogP contribution in [0.3, 0.4) is 0 Å². The van der Waals surface area contributed by atoms with Gasteiger partial charge in [-0.15, -0.1) is 0 Å². The molecule has 1 saturated heterocycles. The summed E-state index contributed by atoms with van der Waals surface area (Å²) in [6, 6.07) is 14.3. The van der Waals surface area contributed by atoms with Gasteiger partial charge < -0.3 is 10.2 Å². The topological polar surface area (TPSA) is 18.5 Å². The fourth-order valence-electron chi connectivity index (χ4n) is 3.11. The number of hydrogen-bond acceptors (Lipinski definition) is 2. The third-order valence-corrected chi connectivity index (χ3v) is 5.49. The minimum absolute atomic E-state index is 0.789. The van der Waals surface area contributed by atoms with E-state index < -0.39 is 0 Å². The van der Waals surface area contributed by atoms with E-state index in [-0.39, 0.29) is 0 Å². The third-order valence-electron chi connectivity index (χ3n) is 4.76. The second kappa shape index (κ2) is 8.17. The van der Waals surface area contributed by atoms with E-state index in [0.717, 1.165) is 48.5 Å². The first-order chi connectivity index (χ1) is 12.0. The monoisotopic (exact) mass is 373 g/mol. The molecule has 2 aromatic carbocycles. The summed E-state index contributed by atoms with van der Waals surface area (Å²) in [6.45, 7) is 7.96. The second-order valence-corrected chi connectivity index (χ2v) is 7.37. The zero-order chi connectivity index (χ0) is 17.8. The minimum atomic E-state index is 0.789. The molecule has 0 spiro atoms. The predicted molar refractivity (Wildman–Crippen MR) is 110 cm³/mol. The van der Waals surface area contributed by atoms with Crippen LogP contribution in [0.4, 0.5) is 5.69 Å². The molecule has 0 radical (unpaired) electrons. The predicted octanol–water partition coefficient (Wildman–Crippen LogP) is 4.82. The molecule has 3 nitrogen and oxygen atoms in total. The van der Waals surface area contributed by atoms with E-state index >= 15 is 0 Å². The summed E-state index contributed by atoms with van der Waals surface area (Å²) >= 11 is 12.0. The molecule has 3 rings (SSSR count). The molecule has 1 fully saturated rings. The Labute approximate surface area is 160 Å². The number of hydrogen-bond donors (Lipinski definition) is 1. The van der Waals surface area contributed by atoms with Crippen LogP contribution in [0.15, 0.2) is 42.5 Å². The average molecular weight is 374 g/mol. The molecule has 0 atom stereocenters. The normalized spacial score (nSPS) is 15.2. The van der Waals surface area contributed by atoms with Crippen molar-refractivity contribution in [2.24, 2.45) is 0 Å². The summed E-state index contributed by atoms with van der Waals surface area (Å²) < 4.78 is 0. The molecule has 132 valence electrons. The van der Waals surface area contributed by atoms with Gasteiger partial charge in [-0.25, -0.2) is 0 Å². The van der Waals surface area contributed by atoms with Crippen LogP contribution in [0.2, 0.25) is 5.02 Å². The SMILES string of the molecule is Cc1cccc(NC(=S)N2CCCN(Cc3ccccc3Cl)C2)c1C. The second-order valence-electron chi connectivity index (χ2n) is 6.58. The molecule has 0 saturated carbocycles. The molecular weight excluding hydrogens is 350 g/mol. The lowest BCUT2D eigenvalue weighted by Gasteiger charge is -2.37. The molecule has 1 heterocycles. The Morgan fingerprint density at radius 2 is 1.92 bits per heavy atom. The number of nitrogens with one attached hydrogen (secondary N) is 1. The van der Waals surface area contributed by atoms with E-state index in [1.807, 2.05) is 18.2 Å². The van der Waals surface area contributed by atoms with Crippen LogP contribution in [-0.4, -0.2) is 34.7 Å². The Kier molecular flexibility index (Phi) is 5.94. The molecule has 0 unspecified atom stereocenters. The Hall–Kier alpha value is -1.62. The molecule has 0 aliphatic carbocycles. The van der Waals surface area contributed by atoms with E-state index in [1.54, 1.807) is 0 Å². The molecule has 1 aliphatic heterocycles. The van der Waals surface area contributed by atoms with Crippen LogP contribution < -0.4 is 5.32 Å². The zero-order valence-corrected chi connectivity index (χ0v) is 16.3. The molecular formula is C20H24ClN3S. The summed E-state index contributed by atoms with van der Waals surface area (Å²) in [4.78, 5) is 4.62. The summed E-state index contributed by atoms with van der Waals surface area (Å²) in [5.74, 6) is 0. The van der Waals surface area contributed by atoms with Crippen molar-refractivity contribution < 1.29 is 0 Å². The molecule has 2 aromatic rings. The maximum absolute atomic E-state index is 6.30. The van der Waals surface area contributed by atoms with Crippen molar-refractivity contribution in [2.45, 2.75) is 26.8 Å². The lowest BCUT2D eigenvalue weighted by molar-refractivity contribution is 0.134. The maximum Gasteiger partial charge on any atom is 0.174 e. The fraction of sp³-hybridized carbons (Fsp3) is 0.350. The summed E-state index contributed by atoms with van der Waals surface area (Å²) in [5.41, 5.74) is 4.77. The standard InChI is InChI=1S/C20H24ClN3S/c1-15-7-5-10-19(16(15)2)22-20(25)24-12-6-11-23(14-24)13-17-8-3-4-9-18(17)21/h3-5,7-10H,6,11-14H2,1-2H3,(H,22,25). The van der Waals surface area contributed by atoms with Gasteiger partial charge in [0.05, 0.1) is 6.67 Å². The first kappa shape index (κ1) is 18.2. The van der Waals surface area contributed by atoms with Crippen molar-refractivity contribution in [2.75, 3.05) is 25.1 Å². The van der Waals surface area contributed by atoms with Crippen LogP contribution in [0.25, 0.3) is 0 Å². The zero-order valence-electron chi connectivity index (χ0n) is 14.8. The minimum Gasteiger partial charge on any atom is -0.336 e. The van der Waals surface area contributed by atoms with Gasteiger partial charge >= 0.3 is 0 Å². The van der Waals surface area contributed by atoms with Gasteiger partial charge in [-0.3, -0.25) is 4.90 Å². The Morgan fingerprint density at radius 1 is 1.12 bits per heavy atom. The number of thiocarbonyl (C=S) groups is 1. The van der Waals surface area contributed by atoms with Crippen molar-refractivity contribution in [1.29, 1.82) is 0 Å². The van der Waals surface area contributed by atoms with Gasteiger partial charge in [-0.05, 0) is 61.3 Å². The Morgan fingerprint density at radius 3 is 2.72 bits per heavy atom. The van der Waals surface area contributed by atoms with Crippen molar-refractivity contribution in [3.63, 3.8) is 0 Å². The van der Waals surface area contributed by atoms with Crippen LogP contribution in [0.1, 0.15) is 23.1 Å². The van der Waals surface area contributed by atoms with E-state index in [4.69, 9.17) is 23.8 Å². The number of nitrogens with zero attached hydrogens (tertiary/aromatic N) is 2. The van der Waals surface area contributed by atoms with E-state index in [2.05, 4.69) is 53.2 Å². The molecule has 1 aliphatic rings. The summed E-state index contributed by atoms with van der Waals surface area (Å²) in [7, 11) is 0.